The summed E-state index contributed by atoms with van der Waals surface area (Å²) >= 11 is 0. The molecule has 0 aromatic rings. The van der Waals surface area contributed by atoms with Gasteiger partial charge in [0.15, 0.2) is 5.78 Å². The molecule has 4 aliphatic rings. The molecule has 0 bridgehead atoms. The SMILES string of the molecule is CC(=O)C1CCC2C3CCC4=CC(=O)CCC4(C)C3[C@@H](C)C[C@]12C. The van der Waals surface area contributed by atoms with Crippen molar-refractivity contribution in [1.29, 1.82) is 0 Å². The van der Waals surface area contributed by atoms with Crippen LogP contribution >= 0.6 is 0 Å². The van der Waals surface area contributed by atoms with Gasteiger partial charge in [-0.25, -0.2) is 0 Å². The summed E-state index contributed by atoms with van der Waals surface area (Å²) in [5.41, 5.74) is 1.89. The number of allylic oxidation sites excluding steroid dienone is 1. The molecular formula is C22H32O2. The first-order valence-electron chi connectivity index (χ1n) is 10.0. The zero-order valence-corrected chi connectivity index (χ0v) is 15.7. The van der Waals surface area contributed by atoms with Crippen molar-refractivity contribution in [1.82, 2.24) is 0 Å². The number of ketones is 2. The fourth-order valence-corrected chi connectivity index (χ4v) is 7.94. The Morgan fingerprint density at radius 1 is 1.17 bits per heavy atom. The van der Waals surface area contributed by atoms with E-state index in [9.17, 15) is 9.59 Å². The summed E-state index contributed by atoms with van der Waals surface area (Å²) in [5, 5.41) is 0. The molecule has 0 amide bonds. The van der Waals surface area contributed by atoms with Crippen LogP contribution in [0.5, 0.6) is 0 Å². The van der Waals surface area contributed by atoms with Crippen molar-refractivity contribution in [3.63, 3.8) is 0 Å². The summed E-state index contributed by atoms with van der Waals surface area (Å²) in [6.45, 7) is 9.10. The monoisotopic (exact) mass is 328 g/mol. The van der Waals surface area contributed by atoms with E-state index in [1.807, 2.05) is 13.0 Å². The first kappa shape index (κ1) is 16.5. The van der Waals surface area contributed by atoms with E-state index in [0.29, 0.717) is 29.3 Å². The Balaban J connectivity index is 1.72. The van der Waals surface area contributed by atoms with E-state index >= 15 is 0 Å². The zero-order chi connectivity index (χ0) is 17.3. The van der Waals surface area contributed by atoms with Crippen LogP contribution in [0.25, 0.3) is 0 Å². The van der Waals surface area contributed by atoms with Crippen molar-refractivity contribution in [3.8, 4) is 0 Å². The lowest BCUT2D eigenvalue weighted by atomic mass is 9.44. The highest BCUT2D eigenvalue weighted by atomic mass is 16.1. The molecule has 0 saturated heterocycles. The Morgan fingerprint density at radius 3 is 2.62 bits per heavy atom. The van der Waals surface area contributed by atoms with E-state index in [0.717, 1.165) is 31.6 Å². The predicted molar refractivity (Wildman–Crippen MR) is 95.4 cm³/mol. The first-order chi connectivity index (χ1) is 11.3. The van der Waals surface area contributed by atoms with E-state index in [1.54, 1.807) is 0 Å². The lowest BCUT2D eigenvalue weighted by Gasteiger charge is -2.60. The van der Waals surface area contributed by atoms with Gasteiger partial charge in [0.2, 0.25) is 0 Å². The molecule has 5 unspecified atom stereocenters. The Bertz CT molecular complexity index is 617. The third-order valence-corrected chi connectivity index (χ3v) is 8.70. The molecule has 0 heterocycles. The molecule has 3 fully saturated rings. The highest BCUT2D eigenvalue weighted by molar-refractivity contribution is 5.91. The van der Waals surface area contributed by atoms with Gasteiger partial charge in [0, 0.05) is 12.3 Å². The molecule has 3 saturated carbocycles. The summed E-state index contributed by atoms with van der Waals surface area (Å²) in [6, 6.07) is 0. The maximum absolute atomic E-state index is 12.3. The largest absolute Gasteiger partial charge is 0.300 e. The summed E-state index contributed by atoms with van der Waals surface area (Å²) in [4.78, 5) is 24.2. The minimum Gasteiger partial charge on any atom is -0.300 e. The molecule has 4 rings (SSSR count). The minimum atomic E-state index is 0.217. The van der Waals surface area contributed by atoms with Gasteiger partial charge >= 0.3 is 0 Å². The standard InChI is InChI=1S/C22H32O2/c1-13-12-22(4)18(14(2)23)7-8-19(22)17-6-5-15-11-16(24)9-10-21(15,3)20(13)17/h11,13,17-20H,5-10,12H2,1-4H3/t13-,17?,18?,19?,20?,21?,22+/m0/s1. The van der Waals surface area contributed by atoms with Crippen molar-refractivity contribution in [3.05, 3.63) is 11.6 Å². The summed E-state index contributed by atoms with van der Waals surface area (Å²) in [7, 11) is 0. The van der Waals surface area contributed by atoms with Crippen LogP contribution in [0, 0.1) is 40.4 Å². The molecule has 0 spiro atoms. The summed E-state index contributed by atoms with van der Waals surface area (Å²) in [6.07, 6.45) is 9.64. The van der Waals surface area contributed by atoms with Crippen molar-refractivity contribution in [2.75, 3.05) is 0 Å². The molecule has 0 aliphatic heterocycles. The fourth-order valence-electron chi connectivity index (χ4n) is 7.94. The van der Waals surface area contributed by atoms with Crippen molar-refractivity contribution in [2.45, 2.75) is 72.6 Å². The Labute approximate surface area is 146 Å². The first-order valence-corrected chi connectivity index (χ1v) is 10.0. The fraction of sp³-hybridized carbons (Fsp3) is 0.818. The maximum atomic E-state index is 12.3. The van der Waals surface area contributed by atoms with Gasteiger partial charge in [-0.3, -0.25) is 9.59 Å². The van der Waals surface area contributed by atoms with Crippen LogP contribution < -0.4 is 0 Å². The van der Waals surface area contributed by atoms with E-state index in [1.165, 1.54) is 24.8 Å². The van der Waals surface area contributed by atoms with Crippen molar-refractivity contribution >= 4 is 11.6 Å². The Kier molecular flexibility index (Phi) is 3.64. The summed E-state index contributed by atoms with van der Waals surface area (Å²) in [5.74, 6) is 3.85. The van der Waals surface area contributed by atoms with Gasteiger partial charge in [-0.15, -0.1) is 0 Å². The van der Waals surface area contributed by atoms with Gasteiger partial charge in [0.25, 0.3) is 0 Å². The Hall–Kier alpha value is -0.920. The second-order valence-corrected chi connectivity index (χ2v) is 9.82. The van der Waals surface area contributed by atoms with Crippen LogP contribution in [0.2, 0.25) is 0 Å². The number of carbonyl (C=O) groups excluding carboxylic acids is 2. The zero-order valence-electron chi connectivity index (χ0n) is 15.7. The van der Waals surface area contributed by atoms with Gasteiger partial charge in [0.05, 0.1) is 0 Å². The smallest absolute Gasteiger partial charge is 0.155 e. The average molecular weight is 328 g/mol. The topological polar surface area (TPSA) is 34.1 Å². The predicted octanol–water partition coefficient (Wildman–Crippen LogP) is 4.97. The van der Waals surface area contributed by atoms with E-state index in [4.69, 9.17) is 0 Å². The van der Waals surface area contributed by atoms with Gasteiger partial charge in [-0.1, -0.05) is 26.3 Å². The number of fused-ring (bicyclic) bond motifs is 5. The van der Waals surface area contributed by atoms with Gasteiger partial charge in [0.1, 0.15) is 5.78 Å². The number of Topliss-reactive ketones (excluding diaryl/α,β-unsaturated/α-hetero) is 1. The number of rotatable bonds is 1. The van der Waals surface area contributed by atoms with Crippen LogP contribution in [0.1, 0.15) is 72.6 Å². The highest BCUT2D eigenvalue weighted by Gasteiger charge is 2.61. The molecule has 0 N–H and O–H groups in total. The maximum Gasteiger partial charge on any atom is 0.155 e. The third kappa shape index (κ3) is 2.07. The molecule has 2 nitrogen and oxygen atoms in total. The third-order valence-electron chi connectivity index (χ3n) is 8.70. The van der Waals surface area contributed by atoms with Gasteiger partial charge < -0.3 is 0 Å². The Morgan fingerprint density at radius 2 is 1.92 bits per heavy atom. The molecule has 0 radical (unpaired) electrons. The molecule has 24 heavy (non-hydrogen) atoms. The molecule has 132 valence electrons. The van der Waals surface area contributed by atoms with E-state index < -0.39 is 0 Å². The number of hydrogen-bond donors (Lipinski definition) is 0. The van der Waals surface area contributed by atoms with Crippen LogP contribution in [0.3, 0.4) is 0 Å². The van der Waals surface area contributed by atoms with Crippen molar-refractivity contribution in [2.24, 2.45) is 40.4 Å². The molecule has 0 aromatic heterocycles. The van der Waals surface area contributed by atoms with Crippen LogP contribution in [0.4, 0.5) is 0 Å². The van der Waals surface area contributed by atoms with Crippen LogP contribution in [0.15, 0.2) is 11.6 Å². The highest BCUT2D eigenvalue weighted by Crippen LogP contribution is 2.68. The minimum absolute atomic E-state index is 0.217. The molecule has 2 heteroatoms. The van der Waals surface area contributed by atoms with Crippen molar-refractivity contribution < 1.29 is 9.59 Å². The van der Waals surface area contributed by atoms with E-state index in [-0.39, 0.29) is 16.7 Å². The second-order valence-electron chi connectivity index (χ2n) is 9.82. The van der Waals surface area contributed by atoms with E-state index in [2.05, 4.69) is 20.8 Å². The summed E-state index contributed by atoms with van der Waals surface area (Å²) < 4.78 is 0. The molecule has 7 atom stereocenters. The number of carbonyl (C=O) groups is 2. The number of hydrogen-bond acceptors (Lipinski definition) is 2. The molecule has 0 aromatic carbocycles. The van der Waals surface area contributed by atoms with Gasteiger partial charge in [-0.2, -0.15) is 0 Å². The average Bonchev–Trinajstić information content (AvgIpc) is 2.84. The van der Waals surface area contributed by atoms with Gasteiger partial charge in [-0.05, 0) is 86.0 Å². The molecular weight excluding hydrogens is 296 g/mol. The second kappa shape index (κ2) is 5.29. The lowest BCUT2D eigenvalue weighted by molar-refractivity contribution is -0.132. The normalized spacial score (nSPS) is 50.6. The quantitative estimate of drug-likeness (QED) is 0.681. The molecule has 4 aliphatic carbocycles. The lowest BCUT2D eigenvalue weighted by Crippen LogP contribution is -2.54. The van der Waals surface area contributed by atoms with Crippen LogP contribution in [-0.2, 0) is 9.59 Å². The van der Waals surface area contributed by atoms with Crippen LogP contribution in [-0.4, -0.2) is 11.6 Å².